The lowest BCUT2D eigenvalue weighted by atomic mass is 9.63. The highest BCUT2D eigenvalue weighted by atomic mass is 16.5. The number of aliphatic hydroxyl groups is 2. The van der Waals surface area contributed by atoms with Gasteiger partial charge in [-0.1, -0.05) is 95.9 Å². The highest BCUT2D eigenvalue weighted by molar-refractivity contribution is 6.47. The zero-order valence-electron chi connectivity index (χ0n) is 27.1. The largest absolute Gasteiger partial charge is 0.427 e. The van der Waals surface area contributed by atoms with Crippen molar-refractivity contribution in [3.8, 4) is 0 Å². The summed E-state index contributed by atoms with van der Waals surface area (Å²) >= 11 is 0. The van der Waals surface area contributed by atoms with E-state index < -0.39 is 27.8 Å². The van der Waals surface area contributed by atoms with Crippen molar-refractivity contribution >= 4 is 31.5 Å². The van der Waals surface area contributed by atoms with Gasteiger partial charge in [0, 0.05) is 0 Å². The zero-order valence-corrected chi connectivity index (χ0v) is 27.1. The molecule has 0 amide bonds. The average Bonchev–Trinajstić information content (AvgIpc) is 3.26. The van der Waals surface area contributed by atoms with Gasteiger partial charge in [-0.25, -0.2) is 0 Å². The van der Waals surface area contributed by atoms with Crippen molar-refractivity contribution < 1.29 is 19.5 Å². The van der Waals surface area contributed by atoms with Crippen LogP contribution < -0.4 is 10.9 Å². The van der Waals surface area contributed by atoms with Crippen LogP contribution in [0, 0.1) is 0 Å². The first-order valence-electron chi connectivity index (χ1n) is 15.5. The number of hydrogen-bond acceptors (Lipinski definition) is 4. The van der Waals surface area contributed by atoms with Crippen molar-refractivity contribution in [2.75, 3.05) is 0 Å². The van der Waals surface area contributed by atoms with Gasteiger partial charge in [0.2, 0.25) is 0 Å². The predicted molar refractivity (Wildman–Crippen MR) is 181 cm³/mol. The van der Waals surface area contributed by atoms with Gasteiger partial charge in [0.15, 0.2) is 0 Å². The van der Waals surface area contributed by atoms with E-state index in [-0.39, 0.29) is 0 Å². The molecule has 2 aliphatic carbocycles. The third kappa shape index (κ3) is 5.71. The van der Waals surface area contributed by atoms with E-state index in [0.717, 1.165) is 23.8 Å². The summed E-state index contributed by atoms with van der Waals surface area (Å²) < 4.78 is 12.6. The number of rotatable bonds is 10. The van der Waals surface area contributed by atoms with Crippen LogP contribution in [0.1, 0.15) is 90.5 Å². The molecule has 0 atom stereocenters. The summed E-state index contributed by atoms with van der Waals surface area (Å²) in [7, 11) is 0.794. The van der Waals surface area contributed by atoms with E-state index in [0.29, 0.717) is 15.0 Å². The second-order valence-electron chi connectivity index (χ2n) is 14.2. The Bertz CT molecular complexity index is 1480. The van der Waals surface area contributed by atoms with Crippen LogP contribution in [0.3, 0.4) is 0 Å². The van der Waals surface area contributed by atoms with Crippen molar-refractivity contribution in [2.45, 2.75) is 96.1 Å². The molecule has 3 aromatic rings. The lowest BCUT2D eigenvalue weighted by Gasteiger charge is -2.39. The molecule has 6 heteroatoms. The first kappa shape index (κ1) is 31.5. The van der Waals surface area contributed by atoms with Crippen molar-refractivity contribution in [3.63, 3.8) is 0 Å². The standard InChI is InChI=1S/C37H46B2O4/c1-33(2,40)35(5,6)42-38-27-17-13-15-25(23-27)37(31-21-11-9-19-29(31)30-20-10-12-22-32(30)37)26-16-14-18-28(24-26)39-43-36(7,8)34(3,4)41/h9-11,13-21,23-24,38-41H,12,22H2,1-8H3. The number of allylic oxidation sites excluding steroid dienone is 4. The molecular weight excluding hydrogens is 530 g/mol. The van der Waals surface area contributed by atoms with Crippen LogP contribution in [0.4, 0.5) is 0 Å². The fraction of sp³-hybridized carbons (Fsp3) is 0.405. The van der Waals surface area contributed by atoms with E-state index in [1.807, 2.05) is 27.7 Å². The Kier molecular flexibility index (Phi) is 8.24. The average molecular weight is 576 g/mol. The second kappa shape index (κ2) is 11.2. The van der Waals surface area contributed by atoms with E-state index in [1.54, 1.807) is 27.7 Å². The number of benzene rings is 3. The van der Waals surface area contributed by atoms with Gasteiger partial charge in [0.25, 0.3) is 0 Å². The Morgan fingerprint density at radius 1 is 0.674 bits per heavy atom. The topological polar surface area (TPSA) is 58.9 Å². The van der Waals surface area contributed by atoms with Gasteiger partial charge < -0.3 is 19.5 Å². The van der Waals surface area contributed by atoms with Gasteiger partial charge >= 0.3 is 15.0 Å². The molecule has 0 spiro atoms. The highest BCUT2D eigenvalue weighted by Crippen LogP contribution is 2.56. The van der Waals surface area contributed by atoms with Gasteiger partial charge in [-0.15, -0.1) is 0 Å². The van der Waals surface area contributed by atoms with Crippen molar-refractivity contribution in [1.82, 2.24) is 0 Å². The van der Waals surface area contributed by atoms with Gasteiger partial charge in [-0.2, -0.15) is 0 Å². The Morgan fingerprint density at radius 3 is 1.70 bits per heavy atom. The molecule has 0 heterocycles. The van der Waals surface area contributed by atoms with Crippen LogP contribution >= 0.6 is 0 Å². The SMILES string of the molecule is CC(C)(O)C(C)(C)OBc1cccc(C2(c3cccc(BOC(C)(C)C(C)(C)O)c3)C3=C(C=CCC3)c3ccccc32)c1. The molecule has 43 heavy (non-hydrogen) atoms. The summed E-state index contributed by atoms with van der Waals surface area (Å²) in [5.74, 6) is 0. The Morgan fingerprint density at radius 2 is 1.19 bits per heavy atom. The summed E-state index contributed by atoms with van der Waals surface area (Å²) in [6.45, 7) is 14.9. The highest BCUT2D eigenvalue weighted by Gasteiger charge is 2.47. The quantitative estimate of drug-likeness (QED) is 0.325. The normalized spacial score (nSPS) is 16.6. The molecule has 0 aliphatic heterocycles. The lowest BCUT2D eigenvalue weighted by molar-refractivity contribution is -0.0893. The van der Waals surface area contributed by atoms with Crippen LogP contribution in [-0.4, -0.2) is 47.6 Å². The molecule has 0 aromatic heterocycles. The fourth-order valence-corrected chi connectivity index (χ4v) is 6.01. The Labute approximate surface area is 259 Å². The van der Waals surface area contributed by atoms with Crippen LogP contribution in [0.25, 0.3) is 5.57 Å². The third-order valence-electron chi connectivity index (χ3n) is 10.1. The van der Waals surface area contributed by atoms with Crippen LogP contribution in [-0.2, 0) is 14.7 Å². The molecule has 224 valence electrons. The third-order valence-corrected chi connectivity index (χ3v) is 10.1. The van der Waals surface area contributed by atoms with E-state index in [2.05, 4.69) is 84.9 Å². The van der Waals surface area contributed by atoms with Gasteiger partial charge in [-0.05, 0) is 102 Å². The van der Waals surface area contributed by atoms with Crippen LogP contribution in [0.5, 0.6) is 0 Å². The Balaban J connectivity index is 1.64. The summed E-state index contributed by atoms with van der Waals surface area (Å²) in [6.07, 6.45) is 6.56. The summed E-state index contributed by atoms with van der Waals surface area (Å²) in [4.78, 5) is 0. The maximum Gasteiger partial charge on any atom is 0.309 e. The molecular formula is C37H46B2O4. The summed E-state index contributed by atoms with van der Waals surface area (Å²) in [5, 5.41) is 21.4. The molecule has 3 aromatic carbocycles. The van der Waals surface area contributed by atoms with E-state index in [4.69, 9.17) is 9.31 Å². The first-order chi connectivity index (χ1) is 20.1. The van der Waals surface area contributed by atoms with Crippen molar-refractivity contribution in [3.05, 3.63) is 113 Å². The van der Waals surface area contributed by atoms with Crippen LogP contribution in [0.15, 0.2) is 90.5 Å². The van der Waals surface area contributed by atoms with Crippen molar-refractivity contribution in [1.29, 1.82) is 0 Å². The molecule has 0 saturated heterocycles. The molecule has 0 fully saturated rings. The molecule has 0 bridgehead atoms. The first-order valence-corrected chi connectivity index (χ1v) is 15.5. The van der Waals surface area contributed by atoms with Crippen LogP contribution in [0.2, 0.25) is 0 Å². The lowest BCUT2D eigenvalue weighted by Crippen LogP contribution is -2.49. The molecule has 2 N–H and O–H groups in total. The minimum absolute atomic E-state index is 0.397. The summed E-state index contributed by atoms with van der Waals surface area (Å²) in [5.41, 5.74) is 5.99. The monoisotopic (exact) mass is 576 g/mol. The minimum atomic E-state index is -0.979. The second-order valence-corrected chi connectivity index (χ2v) is 14.2. The molecule has 4 nitrogen and oxygen atoms in total. The molecule has 5 rings (SSSR count). The van der Waals surface area contributed by atoms with Crippen molar-refractivity contribution in [2.24, 2.45) is 0 Å². The summed E-state index contributed by atoms with van der Waals surface area (Å²) in [6, 6.07) is 26.3. The Hall–Kier alpha value is -2.89. The fourth-order valence-electron chi connectivity index (χ4n) is 6.01. The smallest absolute Gasteiger partial charge is 0.309 e. The van der Waals surface area contributed by atoms with Gasteiger partial charge in [0.05, 0.1) is 27.8 Å². The maximum absolute atomic E-state index is 10.7. The maximum atomic E-state index is 10.7. The molecule has 0 saturated carbocycles. The number of hydrogen-bond donors (Lipinski definition) is 2. The van der Waals surface area contributed by atoms with Gasteiger partial charge in [0.1, 0.15) is 0 Å². The van der Waals surface area contributed by atoms with E-state index in [1.165, 1.54) is 33.4 Å². The predicted octanol–water partition coefficient (Wildman–Crippen LogP) is 5.22. The number of fused-ring (bicyclic) bond motifs is 2. The molecule has 0 radical (unpaired) electrons. The van der Waals surface area contributed by atoms with E-state index >= 15 is 0 Å². The minimum Gasteiger partial charge on any atom is -0.427 e. The van der Waals surface area contributed by atoms with Gasteiger partial charge in [-0.3, -0.25) is 0 Å². The zero-order chi connectivity index (χ0) is 31.3. The molecule has 0 unspecified atom stereocenters. The van der Waals surface area contributed by atoms with E-state index in [9.17, 15) is 10.2 Å². The molecule has 2 aliphatic rings.